The molecule has 0 fully saturated rings. The lowest BCUT2D eigenvalue weighted by molar-refractivity contribution is 0.362. The lowest BCUT2D eigenvalue weighted by Gasteiger charge is -2.34. The maximum absolute atomic E-state index is 4.69. The van der Waals surface area contributed by atoms with Crippen LogP contribution in [0.2, 0.25) is 0 Å². The Morgan fingerprint density at radius 3 is 2.23 bits per heavy atom. The predicted octanol–water partition coefficient (Wildman–Crippen LogP) is 6.93. The van der Waals surface area contributed by atoms with Crippen LogP contribution in [0.25, 0.3) is 11.0 Å². The van der Waals surface area contributed by atoms with Crippen molar-refractivity contribution in [1.82, 2.24) is 15.0 Å². The van der Waals surface area contributed by atoms with Crippen LogP contribution in [0, 0.1) is 13.8 Å². The molecule has 1 unspecified atom stereocenters. The summed E-state index contributed by atoms with van der Waals surface area (Å²) in [6.45, 7) is 6.53. The van der Waals surface area contributed by atoms with Crippen molar-refractivity contribution in [1.29, 1.82) is 0 Å². The number of aromatic nitrogens is 3. The molecule has 1 atom stereocenters. The maximum Gasteiger partial charge on any atom is 0.119 e. The number of nitrogens with zero attached hydrogens (tertiary/aromatic N) is 3. The third kappa shape index (κ3) is 4.44. The first-order valence-corrected chi connectivity index (χ1v) is 11.5. The van der Waals surface area contributed by atoms with Crippen molar-refractivity contribution in [2.24, 2.45) is 0 Å². The Balaban J connectivity index is 1.84. The summed E-state index contributed by atoms with van der Waals surface area (Å²) in [6, 6.07) is 26.1. The zero-order valence-corrected chi connectivity index (χ0v) is 18.8. The Hall–Kier alpha value is -2.59. The lowest BCUT2D eigenvalue weighted by Crippen LogP contribution is -2.34. The van der Waals surface area contributed by atoms with Gasteiger partial charge < -0.3 is 0 Å². The van der Waals surface area contributed by atoms with Crippen molar-refractivity contribution in [2.75, 3.05) is 0 Å². The molecule has 0 bridgehead atoms. The van der Waals surface area contributed by atoms with Crippen LogP contribution >= 0.6 is 11.8 Å². The number of rotatable bonds is 8. The zero-order chi connectivity index (χ0) is 21.0. The molecule has 0 amide bonds. The molecule has 0 saturated heterocycles. The molecule has 0 saturated carbocycles. The van der Waals surface area contributed by atoms with E-state index in [1.807, 2.05) is 23.9 Å². The summed E-state index contributed by atoms with van der Waals surface area (Å²) in [6.07, 6.45) is 4.22. The third-order valence-corrected chi connectivity index (χ3v) is 7.00. The fraction of sp³-hybridized carbons (Fsp3) is 0.308. The molecular formula is C26H29N3S. The standard InChI is InChI=1S/C26H29N3S/c1-4-5-18-26(19-22-14-10-20(2)11-15-22,30-23-16-12-21(3)13-17-23)29-25-9-7-6-8-24(25)27-28-29/h6-17H,4-5,18-19H2,1-3H3. The molecule has 0 radical (unpaired) electrons. The molecule has 4 aromatic rings. The molecule has 0 spiro atoms. The predicted molar refractivity (Wildman–Crippen MR) is 127 cm³/mol. The molecule has 4 rings (SSSR count). The highest BCUT2D eigenvalue weighted by atomic mass is 32.2. The topological polar surface area (TPSA) is 30.7 Å². The van der Waals surface area contributed by atoms with Gasteiger partial charge in [-0.05, 0) is 50.1 Å². The van der Waals surface area contributed by atoms with Crippen molar-refractivity contribution >= 4 is 22.8 Å². The highest BCUT2D eigenvalue weighted by molar-refractivity contribution is 8.00. The molecule has 1 heterocycles. The van der Waals surface area contributed by atoms with Crippen LogP contribution in [-0.4, -0.2) is 15.0 Å². The molecule has 154 valence electrons. The molecule has 3 aromatic carbocycles. The summed E-state index contributed by atoms with van der Waals surface area (Å²) < 4.78 is 2.18. The molecule has 0 aliphatic rings. The summed E-state index contributed by atoms with van der Waals surface area (Å²) in [7, 11) is 0. The summed E-state index contributed by atoms with van der Waals surface area (Å²) in [5, 5.41) is 9.20. The molecule has 0 aliphatic heterocycles. The zero-order valence-electron chi connectivity index (χ0n) is 18.0. The van der Waals surface area contributed by atoms with Crippen LogP contribution < -0.4 is 0 Å². The Morgan fingerprint density at radius 2 is 1.53 bits per heavy atom. The van der Waals surface area contributed by atoms with E-state index in [1.165, 1.54) is 21.6 Å². The summed E-state index contributed by atoms with van der Waals surface area (Å²) in [5.74, 6) is 0. The average molecular weight is 416 g/mol. The van der Waals surface area contributed by atoms with Crippen LogP contribution in [0.1, 0.15) is 42.9 Å². The lowest BCUT2D eigenvalue weighted by atomic mass is 9.99. The minimum Gasteiger partial charge on any atom is -0.228 e. The molecule has 0 aliphatic carbocycles. The van der Waals surface area contributed by atoms with Crippen molar-refractivity contribution in [3.05, 3.63) is 89.5 Å². The van der Waals surface area contributed by atoms with Gasteiger partial charge in [0.25, 0.3) is 0 Å². The molecule has 1 aromatic heterocycles. The van der Waals surface area contributed by atoms with Gasteiger partial charge in [0, 0.05) is 11.3 Å². The van der Waals surface area contributed by atoms with E-state index in [1.54, 1.807) is 0 Å². The van der Waals surface area contributed by atoms with Gasteiger partial charge in [0.15, 0.2) is 0 Å². The number of hydrogen-bond acceptors (Lipinski definition) is 3. The Kier molecular flexibility index (Phi) is 6.24. The third-order valence-electron chi connectivity index (χ3n) is 5.59. The minimum absolute atomic E-state index is 0.239. The first-order valence-electron chi connectivity index (χ1n) is 10.7. The van der Waals surface area contributed by atoms with Crippen LogP contribution in [-0.2, 0) is 11.3 Å². The number of aryl methyl sites for hydroxylation is 2. The van der Waals surface area contributed by atoms with E-state index in [-0.39, 0.29) is 4.87 Å². The van der Waals surface area contributed by atoms with E-state index in [2.05, 4.69) is 91.2 Å². The van der Waals surface area contributed by atoms with Crippen LogP contribution in [0.3, 0.4) is 0 Å². The van der Waals surface area contributed by atoms with Gasteiger partial charge >= 0.3 is 0 Å². The highest BCUT2D eigenvalue weighted by Gasteiger charge is 2.36. The summed E-state index contributed by atoms with van der Waals surface area (Å²) in [5.41, 5.74) is 5.95. The number of hydrogen-bond donors (Lipinski definition) is 0. The van der Waals surface area contributed by atoms with Gasteiger partial charge in [-0.3, -0.25) is 0 Å². The van der Waals surface area contributed by atoms with Gasteiger partial charge in [-0.2, -0.15) is 0 Å². The SMILES string of the molecule is CCCCC(Cc1ccc(C)cc1)(Sc1ccc(C)cc1)n1nnc2ccccc21. The Labute approximate surface area is 183 Å². The first kappa shape index (κ1) is 20.7. The second-order valence-corrected chi connectivity index (χ2v) is 9.55. The van der Waals surface area contributed by atoms with Gasteiger partial charge in [0.1, 0.15) is 10.4 Å². The number of para-hydroxylation sites is 1. The van der Waals surface area contributed by atoms with E-state index < -0.39 is 0 Å². The van der Waals surface area contributed by atoms with E-state index >= 15 is 0 Å². The molecule has 3 nitrogen and oxygen atoms in total. The monoisotopic (exact) mass is 415 g/mol. The molecule has 30 heavy (non-hydrogen) atoms. The van der Waals surface area contributed by atoms with Crippen LogP contribution in [0.4, 0.5) is 0 Å². The van der Waals surface area contributed by atoms with E-state index in [9.17, 15) is 0 Å². The molecule has 0 N–H and O–H groups in total. The largest absolute Gasteiger partial charge is 0.228 e. The quantitative estimate of drug-likeness (QED) is 0.292. The maximum atomic E-state index is 4.69. The number of thioether (sulfide) groups is 1. The van der Waals surface area contributed by atoms with Gasteiger partial charge in [-0.25, -0.2) is 4.68 Å². The van der Waals surface area contributed by atoms with Crippen molar-refractivity contribution in [3.8, 4) is 0 Å². The van der Waals surface area contributed by atoms with Gasteiger partial charge in [0.05, 0.1) is 5.52 Å². The van der Waals surface area contributed by atoms with E-state index in [4.69, 9.17) is 5.21 Å². The fourth-order valence-corrected chi connectivity index (χ4v) is 5.29. The number of fused-ring (bicyclic) bond motifs is 1. The van der Waals surface area contributed by atoms with Crippen molar-refractivity contribution in [3.63, 3.8) is 0 Å². The number of unbranched alkanes of at least 4 members (excludes halogenated alkanes) is 1. The number of benzene rings is 3. The first-order chi connectivity index (χ1) is 14.6. The molecule has 4 heteroatoms. The van der Waals surface area contributed by atoms with E-state index in [0.717, 1.165) is 36.7 Å². The smallest absolute Gasteiger partial charge is 0.119 e. The van der Waals surface area contributed by atoms with Gasteiger partial charge in [-0.1, -0.05) is 96.4 Å². The normalized spacial score (nSPS) is 13.4. The summed E-state index contributed by atoms with van der Waals surface area (Å²) in [4.78, 5) is 1.03. The second kappa shape index (κ2) is 9.05. The summed E-state index contributed by atoms with van der Waals surface area (Å²) >= 11 is 1.92. The van der Waals surface area contributed by atoms with Crippen molar-refractivity contribution < 1.29 is 0 Å². The van der Waals surface area contributed by atoms with Gasteiger partial charge in [-0.15, -0.1) is 5.10 Å². The average Bonchev–Trinajstić information content (AvgIpc) is 3.20. The van der Waals surface area contributed by atoms with E-state index in [0.29, 0.717) is 0 Å². The van der Waals surface area contributed by atoms with Crippen LogP contribution in [0.5, 0.6) is 0 Å². The second-order valence-electron chi connectivity index (χ2n) is 8.12. The van der Waals surface area contributed by atoms with Crippen LogP contribution in [0.15, 0.2) is 77.7 Å². The van der Waals surface area contributed by atoms with Gasteiger partial charge in [0.2, 0.25) is 0 Å². The van der Waals surface area contributed by atoms with Crippen molar-refractivity contribution in [2.45, 2.75) is 56.2 Å². The Morgan fingerprint density at radius 1 is 0.867 bits per heavy atom. The fourth-order valence-electron chi connectivity index (χ4n) is 3.87. The minimum atomic E-state index is -0.239. The highest BCUT2D eigenvalue weighted by Crippen LogP contribution is 2.45. The molecular weight excluding hydrogens is 386 g/mol. The Bertz CT molecular complexity index is 1050.